The van der Waals surface area contributed by atoms with Crippen LogP contribution in [0.4, 0.5) is 4.79 Å². The number of likely N-dealkylation sites (tertiary alicyclic amines) is 1. The van der Waals surface area contributed by atoms with Crippen LogP contribution in [0.3, 0.4) is 0 Å². The number of carbonyl (C=O) groups is 3. The van der Waals surface area contributed by atoms with E-state index in [1.54, 1.807) is 4.90 Å². The monoisotopic (exact) mass is 462 g/mol. The average molecular weight is 463 g/mol. The first-order chi connectivity index (χ1) is 16.5. The maximum Gasteiger partial charge on any atom is 0.407 e. The molecule has 1 atom stereocenters. The number of nitrogens with one attached hydrogen (secondary N) is 1. The molecule has 5 rings (SSSR count). The molecule has 0 aromatic heterocycles. The van der Waals surface area contributed by atoms with E-state index in [1.807, 2.05) is 24.3 Å². The van der Waals surface area contributed by atoms with Crippen molar-refractivity contribution in [1.82, 2.24) is 10.2 Å². The molecule has 7 nitrogen and oxygen atoms in total. The summed E-state index contributed by atoms with van der Waals surface area (Å²) in [4.78, 5) is 38.6. The maximum absolute atomic E-state index is 13.2. The van der Waals surface area contributed by atoms with Crippen molar-refractivity contribution >= 4 is 18.0 Å². The molecule has 178 valence electrons. The van der Waals surface area contributed by atoms with Crippen LogP contribution >= 0.6 is 0 Å². The number of ether oxygens (including phenoxy) is 1. The van der Waals surface area contributed by atoms with Crippen LogP contribution in [0.15, 0.2) is 48.5 Å². The Hall–Kier alpha value is -3.35. The van der Waals surface area contributed by atoms with E-state index in [0.717, 1.165) is 36.8 Å². The SMILES string of the molecule is O=C(O)CC1CCCN(C(=O)C2(CNC(=O)OCC3c4ccccc4-c4ccccc43)CC2)C1. The number of hydrogen-bond acceptors (Lipinski definition) is 4. The highest BCUT2D eigenvalue weighted by Gasteiger charge is 2.52. The second-order valence-electron chi connectivity index (χ2n) is 9.82. The van der Waals surface area contributed by atoms with Gasteiger partial charge in [-0.15, -0.1) is 0 Å². The van der Waals surface area contributed by atoms with Crippen molar-refractivity contribution in [2.24, 2.45) is 11.3 Å². The quantitative estimate of drug-likeness (QED) is 0.648. The number of hydrogen-bond donors (Lipinski definition) is 2. The lowest BCUT2D eigenvalue weighted by Gasteiger charge is -2.34. The molecule has 2 aromatic rings. The van der Waals surface area contributed by atoms with Crippen molar-refractivity contribution in [3.8, 4) is 11.1 Å². The molecule has 0 spiro atoms. The summed E-state index contributed by atoms with van der Waals surface area (Å²) in [5.41, 5.74) is 4.10. The topological polar surface area (TPSA) is 95.9 Å². The van der Waals surface area contributed by atoms with Crippen LogP contribution in [0, 0.1) is 11.3 Å². The highest BCUT2D eigenvalue weighted by atomic mass is 16.5. The molecule has 34 heavy (non-hydrogen) atoms. The Bertz CT molecular complexity index is 1060. The number of alkyl carbamates (subject to hydrolysis) is 1. The van der Waals surface area contributed by atoms with Crippen LogP contribution < -0.4 is 5.32 Å². The van der Waals surface area contributed by atoms with Gasteiger partial charge in [0.2, 0.25) is 5.91 Å². The Morgan fingerprint density at radius 3 is 2.29 bits per heavy atom. The first-order valence-electron chi connectivity index (χ1n) is 12.1. The van der Waals surface area contributed by atoms with E-state index in [9.17, 15) is 14.4 Å². The van der Waals surface area contributed by atoms with E-state index in [4.69, 9.17) is 9.84 Å². The fourth-order valence-corrected chi connectivity index (χ4v) is 5.51. The first-order valence-corrected chi connectivity index (χ1v) is 12.1. The third-order valence-electron chi connectivity index (χ3n) is 7.49. The van der Waals surface area contributed by atoms with Gasteiger partial charge in [0.25, 0.3) is 0 Å². The predicted molar refractivity (Wildman–Crippen MR) is 126 cm³/mol. The number of rotatable bonds is 7. The molecular weight excluding hydrogens is 432 g/mol. The lowest BCUT2D eigenvalue weighted by atomic mass is 9.93. The summed E-state index contributed by atoms with van der Waals surface area (Å²) >= 11 is 0. The lowest BCUT2D eigenvalue weighted by Crippen LogP contribution is -2.47. The number of fused-ring (bicyclic) bond motifs is 3. The summed E-state index contributed by atoms with van der Waals surface area (Å²) in [6.07, 6.45) is 2.70. The van der Waals surface area contributed by atoms with Crippen molar-refractivity contribution in [2.45, 2.75) is 38.0 Å². The summed E-state index contributed by atoms with van der Waals surface area (Å²) < 4.78 is 5.61. The minimum Gasteiger partial charge on any atom is -0.481 e. The fourth-order valence-electron chi connectivity index (χ4n) is 5.51. The summed E-state index contributed by atoms with van der Waals surface area (Å²) in [6.45, 7) is 1.63. The highest BCUT2D eigenvalue weighted by Crippen LogP contribution is 2.47. The molecule has 1 aliphatic heterocycles. The summed E-state index contributed by atoms with van der Waals surface area (Å²) in [6, 6.07) is 16.4. The van der Waals surface area contributed by atoms with Crippen LogP contribution in [0.25, 0.3) is 11.1 Å². The van der Waals surface area contributed by atoms with E-state index in [0.29, 0.717) is 13.1 Å². The van der Waals surface area contributed by atoms with Crippen LogP contribution in [-0.4, -0.2) is 54.2 Å². The fraction of sp³-hybridized carbons (Fsp3) is 0.444. The van der Waals surface area contributed by atoms with Gasteiger partial charge in [0, 0.05) is 32.0 Å². The van der Waals surface area contributed by atoms with Gasteiger partial charge in [-0.25, -0.2) is 4.79 Å². The molecule has 2 N–H and O–H groups in total. The number of carboxylic acids is 1. The molecule has 7 heteroatoms. The molecule has 1 saturated heterocycles. The van der Waals surface area contributed by atoms with Crippen LogP contribution in [0.2, 0.25) is 0 Å². The zero-order valence-electron chi connectivity index (χ0n) is 19.2. The summed E-state index contributed by atoms with van der Waals surface area (Å²) in [5.74, 6) is -0.797. The number of aliphatic carboxylic acids is 1. The number of amides is 2. The zero-order valence-corrected chi connectivity index (χ0v) is 19.2. The van der Waals surface area contributed by atoms with E-state index in [2.05, 4.69) is 29.6 Å². The summed E-state index contributed by atoms with van der Waals surface area (Å²) in [7, 11) is 0. The molecule has 1 unspecified atom stereocenters. The molecular formula is C27H30N2O5. The zero-order chi connectivity index (χ0) is 23.7. The van der Waals surface area contributed by atoms with Crippen molar-refractivity contribution in [3.63, 3.8) is 0 Å². The first kappa shape index (κ1) is 22.4. The molecule has 2 amide bonds. The van der Waals surface area contributed by atoms with Crippen LogP contribution in [-0.2, 0) is 14.3 Å². The van der Waals surface area contributed by atoms with Gasteiger partial charge in [-0.2, -0.15) is 0 Å². The number of carbonyl (C=O) groups excluding carboxylic acids is 2. The predicted octanol–water partition coefficient (Wildman–Crippen LogP) is 4.02. The average Bonchev–Trinajstić information content (AvgIpc) is 3.57. The van der Waals surface area contributed by atoms with Gasteiger partial charge >= 0.3 is 12.1 Å². The van der Waals surface area contributed by atoms with Gasteiger partial charge in [0.05, 0.1) is 5.41 Å². The Labute approximate surface area is 199 Å². The number of benzene rings is 2. The number of piperidine rings is 1. The Morgan fingerprint density at radius 1 is 1.03 bits per heavy atom. The van der Waals surface area contributed by atoms with Crippen LogP contribution in [0.5, 0.6) is 0 Å². The van der Waals surface area contributed by atoms with Gasteiger partial charge in [-0.1, -0.05) is 48.5 Å². The molecule has 1 heterocycles. The largest absolute Gasteiger partial charge is 0.481 e. The molecule has 0 bridgehead atoms. The van der Waals surface area contributed by atoms with Crippen LogP contribution in [0.1, 0.15) is 49.1 Å². The Morgan fingerprint density at radius 2 is 1.68 bits per heavy atom. The molecule has 1 saturated carbocycles. The number of carboxylic acid groups (broad SMARTS) is 1. The third-order valence-corrected chi connectivity index (χ3v) is 7.49. The van der Waals surface area contributed by atoms with Crippen molar-refractivity contribution < 1.29 is 24.2 Å². The molecule has 2 aromatic carbocycles. The normalized spacial score (nSPS) is 20.2. The smallest absolute Gasteiger partial charge is 0.407 e. The van der Waals surface area contributed by atoms with E-state index < -0.39 is 17.5 Å². The standard InChI is InChI=1S/C27H30N2O5/c30-24(31)14-18-6-5-13-29(15-18)25(32)27(11-12-27)17-28-26(33)34-16-23-21-9-3-1-7-19(21)20-8-2-4-10-22(20)23/h1-4,7-10,18,23H,5-6,11-17H2,(H,28,33)(H,30,31). The van der Waals surface area contributed by atoms with Gasteiger partial charge in [-0.3, -0.25) is 9.59 Å². The van der Waals surface area contributed by atoms with Gasteiger partial charge in [0.1, 0.15) is 6.61 Å². The van der Waals surface area contributed by atoms with Crippen molar-refractivity contribution in [3.05, 3.63) is 59.7 Å². The van der Waals surface area contributed by atoms with Crippen molar-refractivity contribution in [2.75, 3.05) is 26.2 Å². The minimum absolute atomic E-state index is 0.00101. The minimum atomic E-state index is -0.822. The number of nitrogens with zero attached hydrogens (tertiary/aromatic N) is 1. The van der Waals surface area contributed by atoms with E-state index in [1.165, 1.54) is 11.1 Å². The van der Waals surface area contributed by atoms with Gasteiger partial charge < -0.3 is 20.1 Å². The molecule has 2 aliphatic carbocycles. The Balaban J connectivity index is 1.16. The van der Waals surface area contributed by atoms with Gasteiger partial charge in [-0.05, 0) is 53.9 Å². The molecule has 3 aliphatic rings. The highest BCUT2D eigenvalue weighted by molar-refractivity contribution is 5.86. The third kappa shape index (κ3) is 4.39. The second-order valence-corrected chi connectivity index (χ2v) is 9.82. The van der Waals surface area contributed by atoms with E-state index in [-0.39, 0.29) is 37.3 Å². The van der Waals surface area contributed by atoms with Crippen molar-refractivity contribution in [1.29, 1.82) is 0 Å². The van der Waals surface area contributed by atoms with Gasteiger partial charge in [0.15, 0.2) is 0 Å². The lowest BCUT2D eigenvalue weighted by molar-refractivity contribution is -0.142. The maximum atomic E-state index is 13.2. The second kappa shape index (κ2) is 9.12. The summed E-state index contributed by atoms with van der Waals surface area (Å²) in [5, 5.41) is 11.9. The van der Waals surface area contributed by atoms with E-state index >= 15 is 0 Å². The molecule has 2 fully saturated rings. The Kier molecular flexibility index (Phi) is 6.02. The molecule has 0 radical (unpaired) electrons.